The van der Waals surface area contributed by atoms with Crippen LogP contribution in [0, 0.1) is 0 Å². The molecule has 0 fully saturated rings. The van der Waals surface area contributed by atoms with Gasteiger partial charge in [-0.2, -0.15) is 0 Å². The minimum atomic E-state index is -4.15. The predicted octanol–water partition coefficient (Wildman–Crippen LogP) is 4.53. The van der Waals surface area contributed by atoms with E-state index in [1.807, 2.05) is 6.92 Å². The van der Waals surface area contributed by atoms with Gasteiger partial charge in [-0.15, -0.1) is 0 Å². The molecular weight excluding hydrogens is 410 g/mol. The number of amides is 1. The summed E-state index contributed by atoms with van der Waals surface area (Å²) in [6.45, 7) is 1.81. The second-order valence-electron chi connectivity index (χ2n) is 6.45. The number of nitrogens with zero attached hydrogens (tertiary/aromatic N) is 1. The quantitative estimate of drug-likeness (QED) is 0.467. The van der Waals surface area contributed by atoms with E-state index in [2.05, 4.69) is 0 Å². The SMILES string of the molecule is CCCC(=O)N(c1cc2sc(=O)oc2c2ccccc12)S(=O)(=O)c1ccccc1. The lowest BCUT2D eigenvalue weighted by Gasteiger charge is -2.24. The first-order valence-electron chi connectivity index (χ1n) is 9.02. The zero-order valence-electron chi connectivity index (χ0n) is 15.5. The summed E-state index contributed by atoms with van der Waals surface area (Å²) in [6.07, 6.45) is 0.568. The van der Waals surface area contributed by atoms with Gasteiger partial charge in [0.2, 0.25) is 5.91 Å². The van der Waals surface area contributed by atoms with Crippen LogP contribution >= 0.6 is 11.3 Å². The number of hydrogen-bond donors (Lipinski definition) is 0. The molecule has 1 aromatic heterocycles. The molecule has 1 heterocycles. The van der Waals surface area contributed by atoms with E-state index in [9.17, 15) is 18.0 Å². The third-order valence-corrected chi connectivity index (χ3v) is 7.03. The van der Waals surface area contributed by atoms with Crippen molar-refractivity contribution < 1.29 is 17.6 Å². The normalized spacial score (nSPS) is 11.8. The van der Waals surface area contributed by atoms with E-state index in [1.165, 1.54) is 12.1 Å². The lowest BCUT2D eigenvalue weighted by molar-refractivity contribution is -0.117. The average molecular weight is 428 g/mol. The molecule has 0 aliphatic rings. The fourth-order valence-electron chi connectivity index (χ4n) is 3.26. The van der Waals surface area contributed by atoms with Gasteiger partial charge in [0, 0.05) is 17.2 Å². The molecule has 29 heavy (non-hydrogen) atoms. The van der Waals surface area contributed by atoms with Crippen molar-refractivity contribution >= 4 is 54.0 Å². The molecule has 4 aromatic rings. The van der Waals surface area contributed by atoms with Crippen molar-refractivity contribution in [1.82, 2.24) is 0 Å². The summed E-state index contributed by atoms with van der Waals surface area (Å²) < 4.78 is 33.6. The maximum atomic E-state index is 13.5. The lowest BCUT2D eigenvalue weighted by atomic mass is 10.1. The summed E-state index contributed by atoms with van der Waals surface area (Å²) in [4.78, 5) is 24.4. The third kappa shape index (κ3) is 3.34. The standard InChI is InChI=1S/C21H17NO5S2/c1-2-8-19(23)22(29(25,26)14-9-4-3-5-10-14)17-13-18-20(27-21(24)28-18)16-12-7-6-11-15(16)17/h3-7,9-13H,2,8H2,1H3. The van der Waals surface area contributed by atoms with Crippen LogP contribution < -0.4 is 9.24 Å². The Labute approximate surface area is 171 Å². The van der Waals surface area contributed by atoms with Crippen molar-refractivity contribution in [3.05, 3.63) is 70.4 Å². The highest BCUT2D eigenvalue weighted by atomic mass is 32.2. The largest absolute Gasteiger partial charge is 0.413 e. The molecule has 0 aliphatic carbocycles. The number of fused-ring (bicyclic) bond motifs is 3. The van der Waals surface area contributed by atoms with E-state index >= 15 is 0 Å². The van der Waals surface area contributed by atoms with E-state index < -0.39 is 20.9 Å². The molecule has 0 unspecified atom stereocenters. The minimum Gasteiger partial charge on any atom is -0.413 e. The van der Waals surface area contributed by atoms with Crippen LogP contribution in [-0.2, 0) is 14.8 Å². The van der Waals surface area contributed by atoms with Gasteiger partial charge < -0.3 is 4.42 Å². The van der Waals surface area contributed by atoms with Crippen LogP contribution in [-0.4, -0.2) is 14.3 Å². The molecule has 0 atom stereocenters. The van der Waals surface area contributed by atoms with E-state index in [4.69, 9.17) is 4.42 Å². The first-order valence-corrected chi connectivity index (χ1v) is 11.3. The molecule has 8 heteroatoms. The Morgan fingerprint density at radius 2 is 1.69 bits per heavy atom. The number of anilines is 1. The van der Waals surface area contributed by atoms with Gasteiger partial charge in [0.15, 0.2) is 5.58 Å². The Bertz CT molecular complexity index is 1370. The first kappa shape index (κ1) is 19.4. The van der Waals surface area contributed by atoms with Gasteiger partial charge in [-0.05, 0) is 24.6 Å². The number of benzene rings is 3. The van der Waals surface area contributed by atoms with Crippen LogP contribution in [0.3, 0.4) is 0 Å². The summed E-state index contributed by atoms with van der Waals surface area (Å²) in [5, 5.41) is 1.10. The van der Waals surface area contributed by atoms with Crippen LogP contribution in [0.15, 0.2) is 74.8 Å². The molecule has 0 N–H and O–H groups in total. The maximum absolute atomic E-state index is 13.5. The summed E-state index contributed by atoms with van der Waals surface area (Å²) >= 11 is 0.875. The molecule has 6 nitrogen and oxygen atoms in total. The molecule has 3 aromatic carbocycles. The molecule has 148 valence electrons. The number of carbonyl (C=O) groups is 1. The zero-order valence-corrected chi connectivity index (χ0v) is 17.1. The third-order valence-electron chi connectivity index (χ3n) is 4.51. The van der Waals surface area contributed by atoms with Gasteiger partial charge in [-0.3, -0.25) is 4.79 Å². The lowest BCUT2D eigenvalue weighted by Crippen LogP contribution is -2.37. The summed E-state index contributed by atoms with van der Waals surface area (Å²) in [7, 11) is -4.15. The molecule has 0 radical (unpaired) electrons. The fraction of sp³-hybridized carbons (Fsp3) is 0.143. The number of sulfonamides is 1. The van der Waals surface area contributed by atoms with E-state index in [0.29, 0.717) is 27.5 Å². The van der Waals surface area contributed by atoms with Crippen molar-refractivity contribution in [3.8, 4) is 0 Å². The smallest absolute Gasteiger partial charge is 0.396 e. The van der Waals surface area contributed by atoms with Gasteiger partial charge >= 0.3 is 4.94 Å². The molecule has 0 spiro atoms. The maximum Gasteiger partial charge on any atom is 0.396 e. The summed E-state index contributed by atoms with van der Waals surface area (Å²) in [5.74, 6) is -0.531. The second kappa shape index (κ2) is 7.46. The monoisotopic (exact) mass is 427 g/mol. The van der Waals surface area contributed by atoms with Crippen molar-refractivity contribution in [1.29, 1.82) is 0 Å². The predicted molar refractivity (Wildman–Crippen MR) is 114 cm³/mol. The summed E-state index contributed by atoms with van der Waals surface area (Å²) in [6, 6.07) is 16.4. The van der Waals surface area contributed by atoms with Crippen LogP contribution in [0.1, 0.15) is 19.8 Å². The van der Waals surface area contributed by atoms with E-state index in [0.717, 1.165) is 15.6 Å². The van der Waals surface area contributed by atoms with Gasteiger partial charge in [0.1, 0.15) is 0 Å². The van der Waals surface area contributed by atoms with Gasteiger partial charge in [0.25, 0.3) is 10.0 Å². The van der Waals surface area contributed by atoms with Crippen molar-refractivity contribution in [2.75, 3.05) is 4.31 Å². The Balaban J connectivity index is 2.06. The molecular formula is C21H17NO5S2. The van der Waals surface area contributed by atoms with Crippen LogP contribution in [0.5, 0.6) is 0 Å². The number of hydrogen-bond acceptors (Lipinski definition) is 6. The Morgan fingerprint density at radius 1 is 1.03 bits per heavy atom. The summed E-state index contributed by atoms with van der Waals surface area (Å²) in [5.41, 5.74) is 0.604. The Hall–Kier alpha value is -2.97. The second-order valence-corrected chi connectivity index (χ2v) is 9.21. The average Bonchev–Trinajstić information content (AvgIpc) is 3.09. The van der Waals surface area contributed by atoms with Gasteiger partial charge in [-0.1, -0.05) is 60.7 Å². The molecule has 0 saturated carbocycles. The molecule has 1 amide bonds. The molecule has 4 rings (SSSR count). The topological polar surface area (TPSA) is 84.7 Å². The first-order chi connectivity index (χ1) is 13.9. The number of carbonyl (C=O) groups excluding carboxylic acids is 1. The highest BCUT2D eigenvalue weighted by molar-refractivity contribution is 7.93. The highest BCUT2D eigenvalue weighted by Gasteiger charge is 2.32. The van der Waals surface area contributed by atoms with Crippen molar-refractivity contribution in [2.24, 2.45) is 0 Å². The highest BCUT2D eigenvalue weighted by Crippen LogP contribution is 2.37. The molecule has 0 aliphatic heterocycles. The van der Waals surface area contributed by atoms with Crippen LogP contribution in [0.4, 0.5) is 5.69 Å². The van der Waals surface area contributed by atoms with Crippen molar-refractivity contribution in [2.45, 2.75) is 24.7 Å². The van der Waals surface area contributed by atoms with Gasteiger partial charge in [0.05, 0.1) is 15.3 Å². The van der Waals surface area contributed by atoms with E-state index in [1.54, 1.807) is 48.5 Å². The Morgan fingerprint density at radius 3 is 2.38 bits per heavy atom. The van der Waals surface area contributed by atoms with Crippen molar-refractivity contribution in [3.63, 3.8) is 0 Å². The molecule has 0 saturated heterocycles. The minimum absolute atomic E-state index is 0.0222. The Kier molecular flexibility index (Phi) is 4.97. The van der Waals surface area contributed by atoms with E-state index in [-0.39, 0.29) is 17.0 Å². The molecule has 0 bridgehead atoms. The van der Waals surface area contributed by atoms with Crippen LogP contribution in [0.2, 0.25) is 0 Å². The van der Waals surface area contributed by atoms with Crippen LogP contribution in [0.25, 0.3) is 21.1 Å². The van der Waals surface area contributed by atoms with Gasteiger partial charge in [-0.25, -0.2) is 17.5 Å². The zero-order chi connectivity index (χ0) is 20.6. The number of rotatable bonds is 5. The fourth-order valence-corrected chi connectivity index (χ4v) is 5.46.